The molecule has 0 spiro atoms. The number of methoxy groups -OCH3 is 1. The lowest BCUT2D eigenvalue weighted by Crippen LogP contribution is -2.27. The minimum atomic E-state index is -0.325. The smallest absolute Gasteiger partial charge is 0.249 e. The first kappa shape index (κ1) is 17.2. The van der Waals surface area contributed by atoms with Crippen LogP contribution in [0.15, 0.2) is 53.1 Å². The van der Waals surface area contributed by atoms with Crippen molar-refractivity contribution in [3.63, 3.8) is 0 Å². The second-order valence-corrected chi connectivity index (χ2v) is 6.39. The van der Waals surface area contributed by atoms with E-state index in [1.54, 1.807) is 24.1 Å². The minimum absolute atomic E-state index is 0.0531. The number of hydrogen-bond donors (Lipinski definition) is 0. The number of hydrogen-bond acceptors (Lipinski definition) is 5. The number of benzene rings is 2. The molecule has 2 heterocycles. The molecule has 0 N–H and O–H groups in total. The summed E-state index contributed by atoms with van der Waals surface area (Å²) in [6, 6.07) is 13.2. The van der Waals surface area contributed by atoms with Crippen LogP contribution in [0.25, 0.3) is 11.4 Å². The van der Waals surface area contributed by atoms with Crippen LogP contribution in [0.1, 0.15) is 30.3 Å². The summed E-state index contributed by atoms with van der Waals surface area (Å²) in [5, 5.41) is 3.99. The summed E-state index contributed by atoms with van der Waals surface area (Å²) >= 11 is 0. The molecule has 0 saturated carbocycles. The molecular weight excluding hydrogens is 349 g/mol. The Hall–Kier alpha value is -3.22. The van der Waals surface area contributed by atoms with E-state index in [2.05, 4.69) is 10.1 Å². The van der Waals surface area contributed by atoms with E-state index in [4.69, 9.17) is 9.26 Å². The predicted molar refractivity (Wildman–Crippen MR) is 95.2 cm³/mol. The summed E-state index contributed by atoms with van der Waals surface area (Å²) in [6.07, 6.45) is 1.06. The highest BCUT2D eigenvalue weighted by Crippen LogP contribution is 2.34. The lowest BCUT2D eigenvalue weighted by molar-refractivity contribution is -0.129. The standard InChI is InChI=1S/C20H18FN3O3/c1-26-16-8-2-13(3-9-16)12-24-17(10-11-18(24)25)20-22-19(23-27-20)14-4-6-15(21)7-5-14/h2-9,17H,10-12H2,1H3. The quantitative estimate of drug-likeness (QED) is 0.687. The van der Waals surface area contributed by atoms with E-state index in [1.165, 1.54) is 12.1 Å². The van der Waals surface area contributed by atoms with Crippen LogP contribution in [0, 0.1) is 5.82 Å². The molecule has 4 rings (SSSR count). The van der Waals surface area contributed by atoms with E-state index in [-0.39, 0.29) is 17.8 Å². The van der Waals surface area contributed by atoms with Crippen molar-refractivity contribution in [2.24, 2.45) is 0 Å². The largest absolute Gasteiger partial charge is 0.497 e. The summed E-state index contributed by atoms with van der Waals surface area (Å²) in [5.41, 5.74) is 1.66. The van der Waals surface area contributed by atoms with Crippen LogP contribution in [0.3, 0.4) is 0 Å². The summed E-state index contributed by atoms with van der Waals surface area (Å²) in [7, 11) is 1.61. The maximum absolute atomic E-state index is 13.1. The van der Waals surface area contributed by atoms with Crippen LogP contribution >= 0.6 is 0 Å². The zero-order valence-electron chi connectivity index (χ0n) is 14.8. The highest BCUT2D eigenvalue weighted by molar-refractivity contribution is 5.78. The number of nitrogens with zero attached hydrogens (tertiary/aromatic N) is 3. The van der Waals surface area contributed by atoms with E-state index in [9.17, 15) is 9.18 Å². The second-order valence-electron chi connectivity index (χ2n) is 6.39. The number of halogens is 1. The first-order valence-electron chi connectivity index (χ1n) is 8.66. The molecule has 1 aromatic heterocycles. The molecule has 0 bridgehead atoms. The molecule has 7 heteroatoms. The van der Waals surface area contributed by atoms with Crippen LogP contribution in [0.2, 0.25) is 0 Å². The fourth-order valence-electron chi connectivity index (χ4n) is 3.20. The molecule has 27 heavy (non-hydrogen) atoms. The van der Waals surface area contributed by atoms with Gasteiger partial charge in [0.15, 0.2) is 0 Å². The van der Waals surface area contributed by atoms with Crippen molar-refractivity contribution in [2.75, 3.05) is 7.11 Å². The number of ether oxygens (including phenoxy) is 1. The van der Waals surface area contributed by atoms with E-state index >= 15 is 0 Å². The molecule has 138 valence electrons. The van der Waals surface area contributed by atoms with Gasteiger partial charge in [-0.3, -0.25) is 4.79 Å². The van der Waals surface area contributed by atoms with Gasteiger partial charge >= 0.3 is 0 Å². The topological polar surface area (TPSA) is 68.5 Å². The van der Waals surface area contributed by atoms with Crippen molar-refractivity contribution >= 4 is 5.91 Å². The van der Waals surface area contributed by atoms with Crippen LogP contribution in [-0.4, -0.2) is 28.1 Å². The molecule has 1 fully saturated rings. The number of rotatable bonds is 5. The van der Waals surface area contributed by atoms with Gasteiger partial charge in [-0.25, -0.2) is 4.39 Å². The van der Waals surface area contributed by atoms with E-state index in [1.807, 2.05) is 24.3 Å². The molecule has 0 aliphatic carbocycles. The number of carbonyl (C=O) groups is 1. The predicted octanol–water partition coefficient (Wildman–Crippen LogP) is 3.75. The van der Waals surface area contributed by atoms with Crippen molar-refractivity contribution in [3.05, 3.63) is 65.8 Å². The summed E-state index contributed by atoms with van der Waals surface area (Å²) in [4.78, 5) is 18.6. The summed E-state index contributed by atoms with van der Waals surface area (Å²) in [6.45, 7) is 0.460. The number of likely N-dealkylation sites (tertiary alicyclic amines) is 1. The molecular formula is C20H18FN3O3. The van der Waals surface area contributed by atoms with Gasteiger partial charge in [-0.15, -0.1) is 0 Å². The van der Waals surface area contributed by atoms with Gasteiger partial charge < -0.3 is 14.2 Å². The molecule has 6 nitrogen and oxygen atoms in total. The Labute approximate surface area is 155 Å². The maximum Gasteiger partial charge on any atom is 0.249 e. The lowest BCUT2D eigenvalue weighted by Gasteiger charge is -2.22. The third kappa shape index (κ3) is 3.53. The minimum Gasteiger partial charge on any atom is -0.497 e. The van der Waals surface area contributed by atoms with Gasteiger partial charge in [0.1, 0.15) is 17.6 Å². The number of aromatic nitrogens is 2. The zero-order chi connectivity index (χ0) is 18.8. The van der Waals surface area contributed by atoms with Crippen LogP contribution in [0.5, 0.6) is 5.75 Å². The van der Waals surface area contributed by atoms with Gasteiger partial charge in [0.25, 0.3) is 0 Å². The average molecular weight is 367 g/mol. The van der Waals surface area contributed by atoms with E-state index in [0.29, 0.717) is 36.7 Å². The molecule has 1 aliphatic rings. The molecule has 0 radical (unpaired) electrons. The van der Waals surface area contributed by atoms with Gasteiger partial charge in [-0.05, 0) is 48.4 Å². The fraction of sp³-hybridized carbons (Fsp3) is 0.250. The van der Waals surface area contributed by atoms with Crippen LogP contribution in [-0.2, 0) is 11.3 Å². The number of carbonyl (C=O) groups excluding carboxylic acids is 1. The molecule has 1 amide bonds. The Morgan fingerprint density at radius 2 is 1.93 bits per heavy atom. The van der Waals surface area contributed by atoms with Crippen molar-refractivity contribution in [3.8, 4) is 17.1 Å². The van der Waals surface area contributed by atoms with Crippen molar-refractivity contribution in [2.45, 2.75) is 25.4 Å². The Morgan fingerprint density at radius 1 is 1.19 bits per heavy atom. The maximum atomic E-state index is 13.1. The molecule has 1 aliphatic heterocycles. The van der Waals surface area contributed by atoms with Crippen molar-refractivity contribution < 1.29 is 18.4 Å². The first-order chi connectivity index (χ1) is 13.1. The number of amides is 1. The Balaban J connectivity index is 1.55. The second kappa shape index (κ2) is 7.19. The van der Waals surface area contributed by atoms with Gasteiger partial charge in [-0.2, -0.15) is 4.98 Å². The van der Waals surface area contributed by atoms with E-state index in [0.717, 1.165) is 11.3 Å². The van der Waals surface area contributed by atoms with Gasteiger partial charge in [0.05, 0.1) is 7.11 Å². The SMILES string of the molecule is COc1ccc(CN2C(=O)CCC2c2nc(-c3ccc(F)cc3)no2)cc1. The lowest BCUT2D eigenvalue weighted by atomic mass is 10.1. The third-order valence-corrected chi connectivity index (χ3v) is 4.67. The molecule has 1 saturated heterocycles. The molecule has 3 aromatic rings. The van der Waals surface area contributed by atoms with Gasteiger partial charge in [0, 0.05) is 18.5 Å². The monoisotopic (exact) mass is 367 g/mol. The highest BCUT2D eigenvalue weighted by atomic mass is 19.1. The van der Waals surface area contributed by atoms with Gasteiger partial charge in [0.2, 0.25) is 17.6 Å². The summed E-state index contributed by atoms with van der Waals surface area (Å²) < 4.78 is 23.7. The highest BCUT2D eigenvalue weighted by Gasteiger charge is 2.36. The van der Waals surface area contributed by atoms with Crippen LogP contribution in [0.4, 0.5) is 4.39 Å². The van der Waals surface area contributed by atoms with Gasteiger partial charge in [-0.1, -0.05) is 17.3 Å². The normalized spacial score (nSPS) is 16.7. The Morgan fingerprint density at radius 3 is 2.63 bits per heavy atom. The van der Waals surface area contributed by atoms with Crippen molar-refractivity contribution in [1.82, 2.24) is 15.0 Å². The van der Waals surface area contributed by atoms with Crippen LogP contribution < -0.4 is 4.74 Å². The molecule has 2 aromatic carbocycles. The zero-order valence-corrected chi connectivity index (χ0v) is 14.8. The molecule has 1 atom stereocenters. The Bertz CT molecular complexity index is 938. The van der Waals surface area contributed by atoms with E-state index < -0.39 is 0 Å². The fourth-order valence-corrected chi connectivity index (χ4v) is 3.20. The average Bonchev–Trinajstić information content (AvgIpc) is 3.31. The third-order valence-electron chi connectivity index (χ3n) is 4.67. The summed E-state index contributed by atoms with van der Waals surface area (Å²) in [5.74, 6) is 1.28. The van der Waals surface area contributed by atoms with Crippen molar-refractivity contribution in [1.29, 1.82) is 0 Å². The first-order valence-corrected chi connectivity index (χ1v) is 8.66. The molecule has 1 unspecified atom stereocenters. The Kier molecular flexibility index (Phi) is 4.58.